The summed E-state index contributed by atoms with van der Waals surface area (Å²) in [6.45, 7) is 0. The molecule has 0 aromatic heterocycles. The van der Waals surface area contributed by atoms with Crippen molar-refractivity contribution in [2.45, 2.75) is 0 Å². The maximum Gasteiger partial charge on any atom is 0.101 e. The molecule has 0 heterocycles. The molecule has 0 aliphatic heterocycles. The van der Waals surface area contributed by atoms with E-state index in [2.05, 4.69) is 55.2 Å². The highest BCUT2D eigenvalue weighted by atomic mass is 127. The lowest BCUT2D eigenvalue weighted by molar-refractivity contribution is 1.48. The lowest BCUT2D eigenvalue weighted by atomic mass is 10.7. The molecule has 0 atom stereocenters. The van der Waals surface area contributed by atoms with E-state index in [-0.39, 0.29) is 0 Å². The topological polar surface area (TPSA) is 50.7 Å². The third kappa shape index (κ3) is 7.98. The van der Waals surface area contributed by atoms with Crippen LogP contribution in [0.15, 0.2) is 32.5 Å². The normalized spacial score (nSPS) is 14.2. The fourth-order valence-corrected chi connectivity index (χ4v) is 1.66. The van der Waals surface area contributed by atoms with Gasteiger partial charge in [-0.15, -0.1) is 0 Å². The zero-order valence-corrected chi connectivity index (χ0v) is 9.93. The van der Waals surface area contributed by atoms with Crippen molar-refractivity contribution in [3.8, 4) is 0 Å². The summed E-state index contributed by atoms with van der Waals surface area (Å²) in [6, 6.07) is 0. The molecule has 0 bridgehead atoms. The predicted octanol–water partition coefficient (Wildman–Crippen LogP) is 2.23. The molecule has 0 aliphatic rings. The van der Waals surface area contributed by atoms with Crippen LogP contribution in [0.25, 0.3) is 0 Å². The number of allylic oxidation sites excluding steroid dienone is 1. The van der Waals surface area contributed by atoms with Crippen molar-refractivity contribution in [3.63, 3.8) is 0 Å². The number of hydrogen-bond acceptors (Lipinski definition) is 2. The molecule has 0 saturated heterocycles. The van der Waals surface area contributed by atoms with Crippen LogP contribution in [0.1, 0.15) is 0 Å². The minimum absolute atomic E-state index is 0.903. The van der Waals surface area contributed by atoms with Gasteiger partial charge in [-0.3, -0.25) is 0 Å². The van der Waals surface area contributed by atoms with Gasteiger partial charge in [0.15, 0.2) is 0 Å². The van der Waals surface area contributed by atoms with Gasteiger partial charge in [0.25, 0.3) is 0 Å². The highest BCUT2D eigenvalue weighted by molar-refractivity contribution is 14.1. The molecule has 0 fully saturated rings. The molecule has 0 saturated carbocycles. The van der Waals surface area contributed by atoms with Gasteiger partial charge in [-0.2, -0.15) is 0 Å². The van der Waals surface area contributed by atoms with Crippen LogP contribution in [0.3, 0.4) is 0 Å². The van der Waals surface area contributed by atoms with Crippen LogP contribution in [0.2, 0.25) is 0 Å². The number of aliphatic imine (C=N–C) groups is 2. The first-order valence-electron chi connectivity index (χ1n) is 2.69. The first-order valence-corrected chi connectivity index (χ1v) is 5.02. The molecule has 0 aliphatic carbocycles. The summed E-state index contributed by atoms with van der Waals surface area (Å²) in [7, 11) is 0. The van der Waals surface area contributed by atoms with Gasteiger partial charge < -0.3 is 5.73 Å². The summed E-state index contributed by atoms with van der Waals surface area (Å²) in [5.41, 5.74) is 5.00. The van der Waals surface area contributed by atoms with Crippen LogP contribution in [-0.2, 0) is 0 Å². The van der Waals surface area contributed by atoms with Gasteiger partial charge in [-0.1, -0.05) is 22.6 Å². The van der Waals surface area contributed by atoms with E-state index in [1.165, 1.54) is 12.5 Å². The Hall–Kier alpha value is 0.0800. The maximum atomic E-state index is 5.00. The smallest absolute Gasteiger partial charge is 0.101 e. The Labute approximate surface area is 92.8 Å². The Bertz CT molecular complexity index is 206. The molecule has 5 heteroatoms. The molecule has 0 spiro atoms. The van der Waals surface area contributed by atoms with Gasteiger partial charge in [0.2, 0.25) is 0 Å². The summed E-state index contributed by atoms with van der Waals surface area (Å²) in [6.07, 6.45) is 6.21. The second-order valence-electron chi connectivity index (χ2n) is 1.34. The Kier molecular flexibility index (Phi) is 8.24. The van der Waals surface area contributed by atoms with Crippen LogP contribution in [0.5, 0.6) is 0 Å². The van der Waals surface area contributed by atoms with Crippen molar-refractivity contribution in [2.75, 3.05) is 0 Å². The van der Waals surface area contributed by atoms with Gasteiger partial charge in [0, 0.05) is 12.4 Å². The molecular weight excluding hydrogens is 368 g/mol. The van der Waals surface area contributed by atoms with Crippen LogP contribution >= 0.6 is 45.2 Å². The second kappa shape index (κ2) is 8.18. The monoisotopic (exact) mass is 375 g/mol. The summed E-state index contributed by atoms with van der Waals surface area (Å²) < 4.78 is 2.80. The molecule has 2 N–H and O–H groups in total. The van der Waals surface area contributed by atoms with E-state index in [0.29, 0.717) is 0 Å². The van der Waals surface area contributed by atoms with Crippen molar-refractivity contribution in [1.82, 2.24) is 0 Å². The number of nitrogens with two attached hydrogens (primary N) is 1. The molecule has 0 aromatic carbocycles. The van der Waals surface area contributed by atoms with E-state index in [1.807, 2.05) is 10.2 Å². The molecule has 3 nitrogen and oxygen atoms in total. The van der Waals surface area contributed by atoms with E-state index in [4.69, 9.17) is 5.73 Å². The van der Waals surface area contributed by atoms with E-state index in [0.717, 1.165) is 3.72 Å². The summed E-state index contributed by atoms with van der Waals surface area (Å²) >= 11 is 4.25. The fourth-order valence-electron chi connectivity index (χ4n) is 0.288. The maximum absolute atomic E-state index is 5.00. The van der Waals surface area contributed by atoms with E-state index in [1.54, 1.807) is 6.20 Å². The van der Waals surface area contributed by atoms with Crippen LogP contribution in [0, 0.1) is 0 Å². The quantitative estimate of drug-likeness (QED) is 0.459. The second-order valence-corrected chi connectivity index (χ2v) is 3.17. The average Bonchev–Trinajstić information content (AvgIpc) is 1.99. The summed E-state index contributed by atoms with van der Waals surface area (Å²) in [5.74, 6) is 0. The van der Waals surface area contributed by atoms with Gasteiger partial charge in [-0.25, -0.2) is 9.98 Å². The summed E-state index contributed by atoms with van der Waals surface area (Å²) in [4.78, 5) is 7.65. The highest BCUT2D eigenvalue weighted by Crippen LogP contribution is 1.96. The minimum atomic E-state index is 0.903. The molecule has 0 rings (SSSR count). The van der Waals surface area contributed by atoms with Gasteiger partial charge in [0.1, 0.15) is 3.72 Å². The first-order chi connectivity index (χ1) is 5.31. The molecule has 60 valence electrons. The number of nitrogens with zero attached hydrogens (tertiary/aromatic N) is 2. The Morgan fingerprint density at radius 2 is 2.09 bits per heavy atom. The minimum Gasteiger partial charge on any atom is -0.390 e. The molecule has 0 radical (unpaired) electrons. The lowest BCUT2D eigenvalue weighted by Gasteiger charge is -1.80. The molecular formula is C6H7I2N3. The Morgan fingerprint density at radius 1 is 1.36 bits per heavy atom. The lowest BCUT2D eigenvalue weighted by Crippen LogP contribution is -1.85. The zero-order chi connectivity index (χ0) is 8.53. The average molecular weight is 375 g/mol. The number of halogens is 2. The largest absolute Gasteiger partial charge is 0.390 e. The Balaban J connectivity index is 3.90. The molecule has 0 unspecified atom stereocenters. The standard InChI is InChI=1S/C6H7I2N3/c7-2-1-6(8)11-4-3-10-5-9/h1-5H,(H2,9,10)/b2-1-,4-3-,11-6+. The van der Waals surface area contributed by atoms with Crippen molar-refractivity contribution in [2.24, 2.45) is 15.7 Å². The van der Waals surface area contributed by atoms with Crippen LogP contribution in [0.4, 0.5) is 0 Å². The van der Waals surface area contributed by atoms with Crippen molar-refractivity contribution in [3.05, 3.63) is 22.6 Å². The van der Waals surface area contributed by atoms with Crippen LogP contribution in [-0.4, -0.2) is 10.1 Å². The Morgan fingerprint density at radius 3 is 2.64 bits per heavy atom. The zero-order valence-electron chi connectivity index (χ0n) is 5.61. The van der Waals surface area contributed by atoms with Gasteiger partial charge in [0.05, 0.1) is 6.34 Å². The number of hydrogen-bond donors (Lipinski definition) is 1. The molecule has 0 amide bonds. The van der Waals surface area contributed by atoms with Crippen LogP contribution < -0.4 is 5.73 Å². The predicted molar refractivity (Wildman–Crippen MR) is 66.4 cm³/mol. The highest BCUT2D eigenvalue weighted by Gasteiger charge is 1.78. The van der Waals surface area contributed by atoms with E-state index < -0.39 is 0 Å². The fraction of sp³-hybridized carbons (Fsp3) is 0. The van der Waals surface area contributed by atoms with Crippen molar-refractivity contribution in [1.29, 1.82) is 0 Å². The van der Waals surface area contributed by atoms with E-state index >= 15 is 0 Å². The number of rotatable bonds is 3. The van der Waals surface area contributed by atoms with Gasteiger partial charge in [-0.05, 0) is 32.7 Å². The van der Waals surface area contributed by atoms with Gasteiger partial charge >= 0.3 is 0 Å². The van der Waals surface area contributed by atoms with Crippen molar-refractivity contribution < 1.29 is 0 Å². The molecule has 11 heavy (non-hydrogen) atoms. The van der Waals surface area contributed by atoms with E-state index in [9.17, 15) is 0 Å². The summed E-state index contributed by atoms with van der Waals surface area (Å²) in [5, 5.41) is 0. The first kappa shape index (κ1) is 11.1. The SMILES string of the molecule is NC=N\C=C/N=C(I)\C=C/I. The van der Waals surface area contributed by atoms with Crippen molar-refractivity contribution >= 4 is 55.2 Å². The molecule has 0 aromatic rings. The third-order valence-corrected chi connectivity index (χ3v) is 1.63. The third-order valence-electron chi connectivity index (χ3n) is 0.637.